The number of hydrogen-bond acceptors (Lipinski definition) is 3. The highest BCUT2D eigenvalue weighted by atomic mass is 14.9. The molecule has 2 N–H and O–H groups in total. The van der Waals surface area contributed by atoms with E-state index >= 15 is 0 Å². The van der Waals surface area contributed by atoms with Gasteiger partial charge < -0.3 is 5.73 Å². The van der Waals surface area contributed by atoms with E-state index in [1.807, 2.05) is 13.8 Å². The van der Waals surface area contributed by atoms with Gasteiger partial charge in [0.1, 0.15) is 5.82 Å². The zero-order valence-corrected chi connectivity index (χ0v) is 12.1. The summed E-state index contributed by atoms with van der Waals surface area (Å²) in [7, 11) is 0. The second kappa shape index (κ2) is 5.39. The molecule has 2 aromatic rings. The van der Waals surface area contributed by atoms with Gasteiger partial charge in [0.25, 0.3) is 0 Å². The van der Waals surface area contributed by atoms with Crippen LogP contribution >= 0.6 is 0 Å². The lowest BCUT2D eigenvalue weighted by Gasteiger charge is -2.11. The molecule has 0 bridgehead atoms. The fourth-order valence-corrected chi connectivity index (χ4v) is 2.15. The summed E-state index contributed by atoms with van der Waals surface area (Å²) in [5, 5.41) is 0. The van der Waals surface area contributed by atoms with E-state index in [1.165, 1.54) is 5.56 Å². The van der Waals surface area contributed by atoms with E-state index in [9.17, 15) is 0 Å². The molecule has 0 aliphatic rings. The first kappa shape index (κ1) is 13.5. The van der Waals surface area contributed by atoms with Crippen molar-refractivity contribution in [2.24, 2.45) is 0 Å². The summed E-state index contributed by atoms with van der Waals surface area (Å²) in [6.07, 6.45) is 1.15. The van der Waals surface area contributed by atoms with Crippen molar-refractivity contribution >= 4 is 5.69 Å². The fourth-order valence-electron chi connectivity index (χ4n) is 2.15. The van der Waals surface area contributed by atoms with Gasteiger partial charge >= 0.3 is 0 Å². The summed E-state index contributed by atoms with van der Waals surface area (Å²) >= 11 is 0. The topological polar surface area (TPSA) is 51.8 Å². The molecule has 19 heavy (non-hydrogen) atoms. The summed E-state index contributed by atoms with van der Waals surface area (Å²) in [6, 6.07) is 8.52. The number of benzene rings is 1. The maximum absolute atomic E-state index is 6.08. The Morgan fingerprint density at radius 2 is 1.74 bits per heavy atom. The smallest absolute Gasteiger partial charge is 0.126 e. The molecule has 1 aromatic carbocycles. The standard InChI is InChI=1S/C16H21N3/c1-5-10(2)13-6-8-14(9-7-13)16-15(17)11(3)18-12(4)19-16/h6-10H,5,17H2,1-4H3. The molecule has 3 nitrogen and oxygen atoms in total. The Hall–Kier alpha value is -1.90. The number of aryl methyl sites for hydroxylation is 2. The Morgan fingerprint density at radius 1 is 1.11 bits per heavy atom. The van der Waals surface area contributed by atoms with Crippen molar-refractivity contribution in [1.29, 1.82) is 0 Å². The van der Waals surface area contributed by atoms with E-state index in [0.29, 0.717) is 11.6 Å². The Morgan fingerprint density at radius 3 is 2.32 bits per heavy atom. The van der Waals surface area contributed by atoms with Gasteiger partial charge in [-0.1, -0.05) is 38.1 Å². The normalized spacial score (nSPS) is 12.4. The molecule has 0 saturated carbocycles. The van der Waals surface area contributed by atoms with Crippen molar-refractivity contribution in [1.82, 2.24) is 9.97 Å². The largest absolute Gasteiger partial charge is 0.395 e. The van der Waals surface area contributed by atoms with E-state index in [1.54, 1.807) is 0 Å². The fraction of sp³-hybridized carbons (Fsp3) is 0.375. The molecular weight excluding hydrogens is 234 g/mol. The number of nitrogens with zero attached hydrogens (tertiary/aromatic N) is 2. The summed E-state index contributed by atoms with van der Waals surface area (Å²) in [5.74, 6) is 1.34. The maximum atomic E-state index is 6.08. The number of anilines is 1. The van der Waals surface area contributed by atoms with Gasteiger partial charge in [0.15, 0.2) is 0 Å². The van der Waals surface area contributed by atoms with Crippen molar-refractivity contribution in [2.45, 2.75) is 40.0 Å². The lowest BCUT2D eigenvalue weighted by atomic mass is 9.97. The monoisotopic (exact) mass is 255 g/mol. The Bertz CT molecular complexity index is 573. The molecule has 0 aliphatic carbocycles. The molecule has 1 heterocycles. The number of aromatic nitrogens is 2. The molecule has 1 aromatic heterocycles. The minimum atomic E-state index is 0.584. The second-order valence-corrected chi connectivity index (χ2v) is 5.05. The van der Waals surface area contributed by atoms with Crippen LogP contribution in [0.4, 0.5) is 5.69 Å². The maximum Gasteiger partial charge on any atom is 0.126 e. The first-order valence-electron chi connectivity index (χ1n) is 6.74. The van der Waals surface area contributed by atoms with Gasteiger partial charge in [-0.2, -0.15) is 0 Å². The summed E-state index contributed by atoms with van der Waals surface area (Å²) in [5.41, 5.74) is 10.8. The van der Waals surface area contributed by atoms with E-state index in [0.717, 1.165) is 29.2 Å². The minimum Gasteiger partial charge on any atom is -0.395 e. The van der Waals surface area contributed by atoms with Crippen LogP contribution in [0.2, 0.25) is 0 Å². The molecular formula is C16H21N3. The SMILES string of the molecule is CCC(C)c1ccc(-c2nc(C)nc(C)c2N)cc1. The van der Waals surface area contributed by atoms with Gasteiger partial charge in [0.05, 0.1) is 17.1 Å². The third kappa shape index (κ3) is 2.75. The van der Waals surface area contributed by atoms with Crippen molar-refractivity contribution in [2.75, 3.05) is 5.73 Å². The summed E-state index contributed by atoms with van der Waals surface area (Å²) < 4.78 is 0. The van der Waals surface area contributed by atoms with Crippen LogP contribution in [0, 0.1) is 13.8 Å². The van der Waals surface area contributed by atoms with E-state index < -0.39 is 0 Å². The van der Waals surface area contributed by atoms with Gasteiger partial charge in [-0.05, 0) is 31.7 Å². The van der Waals surface area contributed by atoms with Gasteiger partial charge in [-0.25, -0.2) is 9.97 Å². The molecule has 0 fully saturated rings. The van der Waals surface area contributed by atoms with E-state index in [-0.39, 0.29) is 0 Å². The molecule has 1 unspecified atom stereocenters. The molecule has 0 spiro atoms. The van der Waals surface area contributed by atoms with Crippen LogP contribution in [-0.4, -0.2) is 9.97 Å². The summed E-state index contributed by atoms with van der Waals surface area (Å²) in [4.78, 5) is 8.74. The number of nitrogen functional groups attached to an aromatic ring is 1. The molecule has 0 radical (unpaired) electrons. The van der Waals surface area contributed by atoms with Crippen molar-refractivity contribution in [3.63, 3.8) is 0 Å². The average Bonchev–Trinajstić information content (AvgIpc) is 2.42. The van der Waals surface area contributed by atoms with Gasteiger partial charge in [0.2, 0.25) is 0 Å². The molecule has 1 atom stereocenters. The number of rotatable bonds is 3. The van der Waals surface area contributed by atoms with Gasteiger partial charge in [0, 0.05) is 5.56 Å². The zero-order chi connectivity index (χ0) is 14.0. The third-order valence-electron chi connectivity index (χ3n) is 3.61. The zero-order valence-electron chi connectivity index (χ0n) is 12.1. The summed E-state index contributed by atoms with van der Waals surface area (Å²) in [6.45, 7) is 8.25. The van der Waals surface area contributed by atoms with Crippen LogP contribution in [0.3, 0.4) is 0 Å². The van der Waals surface area contributed by atoms with Crippen LogP contribution in [-0.2, 0) is 0 Å². The molecule has 100 valence electrons. The third-order valence-corrected chi connectivity index (χ3v) is 3.61. The van der Waals surface area contributed by atoms with E-state index in [4.69, 9.17) is 5.73 Å². The van der Waals surface area contributed by atoms with Crippen molar-refractivity contribution < 1.29 is 0 Å². The predicted molar refractivity (Wildman–Crippen MR) is 80.1 cm³/mol. The highest BCUT2D eigenvalue weighted by molar-refractivity contribution is 5.73. The molecule has 3 heteroatoms. The molecule has 0 saturated heterocycles. The van der Waals surface area contributed by atoms with Crippen LogP contribution in [0.25, 0.3) is 11.3 Å². The van der Waals surface area contributed by atoms with Crippen molar-refractivity contribution in [3.05, 3.63) is 41.3 Å². The van der Waals surface area contributed by atoms with Crippen molar-refractivity contribution in [3.8, 4) is 11.3 Å². The Labute approximate surface area is 114 Å². The van der Waals surface area contributed by atoms with Crippen LogP contribution in [0.15, 0.2) is 24.3 Å². The lowest BCUT2D eigenvalue weighted by molar-refractivity contribution is 0.734. The predicted octanol–water partition coefficient (Wildman–Crippen LogP) is 3.86. The van der Waals surface area contributed by atoms with Gasteiger partial charge in [-0.15, -0.1) is 0 Å². The first-order chi connectivity index (χ1) is 9.02. The first-order valence-corrected chi connectivity index (χ1v) is 6.74. The van der Waals surface area contributed by atoms with Gasteiger partial charge in [-0.3, -0.25) is 0 Å². The van der Waals surface area contributed by atoms with Crippen LogP contribution in [0.5, 0.6) is 0 Å². The van der Waals surface area contributed by atoms with Crippen LogP contribution in [0.1, 0.15) is 43.3 Å². The molecule has 0 amide bonds. The number of nitrogens with two attached hydrogens (primary N) is 1. The number of hydrogen-bond donors (Lipinski definition) is 1. The average molecular weight is 255 g/mol. The van der Waals surface area contributed by atoms with Crippen LogP contribution < -0.4 is 5.73 Å². The highest BCUT2D eigenvalue weighted by Gasteiger charge is 2.10. The highest BCUT2D eigenvalue weighted by Crippen LogP contribution is 2.27. The quantitative estimate of drug-likeness (QED) is 0.906. The Balaban J connectivity index is 2.43. The minimum absolute atomic E-state index is 0.584. The second-order valence-electron chi connectivity index (χ2n) is 5.05. The Kier molecular flexibility index (Phi) is 3.84. The molecule has 2 rings (SSSR count). The molecule has 0 aliphatic heterocycles. The lowest BCUT2D eigenvalue weighted by Crippen LogP contribution is -2.02. The van der Waals surface area contributed by atoms with E-state index in [2.05, 4.69) is 48.1 Å².